The number of halogens is 2. The molecule has 0 radical (unpaired) electrons. The van der Waals surface area contributed by atoms with E-state index in [1.54, 1.807) is 12.1 Å². The number of rotatable bonds is 4. The summed E-state index contributed by atoms with van der Waals surface area (Å²) in [6.45, 7) is 3.37. The van der Waals surface area contributed by atoms with Crippen LogP contribution in [0.4, 0.5) is 0 Å². The number of aryl methyl sites for hydroxylation is 2. The second-order valence-corrected chi connectivity index (χ2v) is 5.73. The Morgan fingerprint density at radius 1 is 1.05 bits per heavy atom. The summed E-state index contributed by atoms with van der Waals surface area (Å²) in [6, 6.07) is 10.3. The summed E-state index contributed by atoms with van der Waals surface area (Å²) in [5.41, 5.74) is 2.41. The summed E-state index contributed by atoms with van der Waals surface area (Å²) in [5, 5.41) is 0.383. The minimum Gasteiger partial charge on any atom is -0.454 e. The molecule has 2 rings (SSSR count). The number of esters is 1. The molecule has 2 aromatic carbocycles. The zero-order chi connectivity index (χ0) is 16.3. The van der Waals surface area contributed by atoms with Crippen molar-refractivity contribution in [2.24, 2.45) is 0 Å². The number of benzene rings is 2. The second-order valence-electron chi connectivity index (χ2n) is 4.91. The van der Waals surface area contributed by atoms with Gasteiger partial charge < -0.3 is 4.74 Å². The molecule has 0 spiro atoms. The predicted molar refractivity (Wildman–Crippen MR) is 87.0 cm³/mol. The number of hydrogen-bond donors (Lipinski definition) is 0. The van der Waals surface area contributed by atoms with E-state index in [2.05, 4.69) is 0 Å². The van der Waals surface area contributed by atoms with E-state index in [0.717, 1.165) is 11.1 Å². The van der Waals surface area contributed by atoms with Crippen LogP contribution in [0.15, 0.2) is 36.4 Å². The van der Waals surface area contributed by atoms with E-state index in [0.29, 0.717) is 5.56 Å². The van der Waals surface area contributed by atoms with Gasteiger partial charge in [0.1, 0.15) is 0 Å². The molecule has 0 aliphatic heterocycles. The molecule has 0 saturated carbocycles. The maximum Gasteiger partial charge on any atom is 0.341 e. The van der Waals surface area contributed by atoms with Crippen LogP contribution in [0.5, 0.6) is 0 Å². The van der Waals surface area contributed by atoms with Gasteiger partial charge in [-0.1, -0.05) is 47.0 Å². The smallest absolute Gasteiger partial charge is 0.341 e. The summed E-state index contributed by atoms with van der Waals surface area (Å²) in [7, 11) is 0. The van der Waals surface area contributed by atoms with Crippen molar-refractivity contribution in [1.82, 2.24) is 0 Å². The molecule has 0 unspecified atom stereocenters. The molecule has 2 aromatic rings. The van der Waals surface area contributed by atoms with Crippen molar-refractivity contribution in [2.75, 3.05) is 6.61 Å². The third-order valence-electron chi connectivity index (χ3n) is 3.19. The Morgan fingerprint density at radius 3 is 2.32 bits per heavy atom. The van der Waals surface area contributed by atoms with Gasteiger partial charge in [-0.2, -0.15) is 0 Å². The van der Waals surface area contributed by atoms with Crippen molar-refractivity contribution in [2.45, 2.75) is 13.8 Å². The van der Waals surface area contributed by atoms with Crippen molar-refractivity contribution in [3.8, 4) is 0 Å². The van der Waals surface area contributed by atoms with E-state index in [1.165, 1.54) is 12.1 Å². The Morgan fingerprint density at radius 2 is 1.68 bits per heavy atom. The van der Waals surface area contributed by atoms with E-state index >= 15 is 0 Å². The molecule has 0 saturated heterocycles. The highest BCUT2D eigenvalue weighted by atomic mass is 35.5. The third-order valence-corrected chi connectivity index (χ3v) is 3.82. The van der Waals surface area contributed by atoms with Gasteiger partial charge in [0.05, 0.1) is 15.6 Å². The normalized spacial score (nSPS) is 10.4. The molecule has 0 N–H and O–H groups in total. The minimum absolute atomic E-state index is 0.0691. The van der Waals surface area contributed by atoms with Gasteiger partial charge in [-0.05, 0) is 37.6 Å². The fraction of sp³-hybridized carbons (Fsp3) is 0.176. The van der Waals surface area contributed by atoms with Crippen LogP contribution < -0.4 is 0 Å². The SMILES string of the molecule is Cc1ccc(C)c(C(=O)COC(=O)c2c(Cl)cccc2Cl)c1. The van der Waals surface area contributed by atoms with Crippen LogP contribution in [0.2, 0.25) is 10.0 Å². The Labute approximate surface area is 138 Å². The average Bonchev–Trinajstić information content (AvgIpc) is 2.47. The molecule has 0 amide bonds. The highest BCUT2D eigenvalue weighted by Gasteiger charge is 2.18. The van der Waals surface area contributed by atoms with Gasteiger partial charge in [0.2, 0.25) is 5.78 Å². The maximum absolute atomic E-state index is 12.2. The topological polar surface area (TPSA) is 43.4 Å². The first-order valence-electron chi connectivity index (χ1n) is 6.61. The number of carbonyl (C=O) groups excluding carboxylic acids is 2. The van der Waals surface area contributed by atoms with Crippen molar-refractivity contribution in [3.05, 3.63) is 68.7 Å². The zero-order valence-corrected chi connectivity index (χ0v) is 13.7. The first-order chi connectivity index (χ1) is 10.4. The second kappa shape index (κ2) is 6.95. The molecule has 0 aliphatic rings. The minimum atomic E-state index is -0.714. The monoisotopic (exact) mass is 336 g/mol. The molecule has 3 nitrogen and oxygen atoms in total. The quantitative estimate of drug-likeness (QED) is 0.602. The predicted octanol–water partition coefficient (Wildman–Crippen LogP) is 4.65. The molecular formula is C17H14Cl2O3. The van der Waals surface area contributed by atoms with E-state index < -0.39 is 5.97 Å². The molecule has 22 heavy (non-hydrogen) atoms. The first kappa shape index (κ1) is 16.5. The number of Topliss-reactive ketones (excluding diaryl/α,β-unsaturated/α-hetero) is 1. The average molecular weight is 337 g/mol. The molecule has 114 valence electrons. The van der Waals surface area contributed by atoms with Gasteiger partial charge in [-0.25, -0.2) is 4.79 Å². The number of ether oxygens (including phenoxy) is 1. The number of hydrogen-bond acceptors (Lipinski definition) is 3. The van der Waals surface area contributed by atoms with Gasteiger partial charge in [0.25, 0.3) is 0 Å². The van der Waals surface area contributed by atoms with E-state index in [9.17, 15) is 9.59 Å². The van der Waals surface area contributed by atoms with Gasteiger partial charge in [-0.3, -0.25) is 4.79 Å². The Kier molecular flexibility index (Phi) is 5.22. The molecule has 0 fully saturated rings. The fourth-order valence-corrected chi connectivity index (χ4v) is 2.56. The van der Waals surface area contributed by atoms with Crippen LogP contribution >= 0.6 is 23.2 Å². The number of carbonyl (C=O) groups is 2. The first-order valence-corrected chi connectivity index (χ1v) is 7.37. The highest BCUT2D eigenvalue weighted by molar-refractivity contribution is 6.39. The standard InChI is InChI=1S/C17H14Cl2O3/c1-10-6-7-11(2)12(8-10)15(20)9-22-17(21)16-13(18)4-3-5-14(16)19/h3-8H,9H2,1-2H3. The van der Waals surface area contributed by atoms with Gasteiger partial charge in [0, 0.05) is 5.56 Å². The lowest BCUT2D eigenvalue weighted by molar-refractivity contribution is 0.0475. The summed E-state index contributed by atoms with van der Waals surface area (Å²) >= 11 is 11.9. The zero-order valence-electron chi connectivity index (χ0n) is 12.2. The van der Waals surface area contributed by atoms with Crippen LogP contribution in [0, 0.1) is 13.8 Å². The van der Waals surface area contributed by atoms with E-state index in [4.69, 9.17) is 27.9 Å². The van der Waals surface area contributed by atoms with Crippen molar-refractivity contribution >= 4 is 35.0 Å². The van der Waals surface area contributed by atoms with Crippen LogP contribution in [-0.4, -0.2) is 18.4 Å². The van der Waals surface area contributed by atoms with Gasteiger partial charge in [0.15, 0.2) is 6.61 Å². The highest BCUT2D eigenvalue weighted by Crippen LogP contribution is 2.25. The fourth-order valence-electron chi connectivity index (χ4n) is 2.01. The van der Waals surface area contributed by atoms with Crippen LogP contribution in [-0.2, 0) is 4.74 Å². The Hall–Kier alpha value is -1.84. The summed E-state index contributed by atoms with van der Waals surface area (Å²) in [6.07, 6.45) is 0. The third kappa shape index (κ3) is 3.67. The molecule has 0 aliphatic carbocycles. The van der Waals surface area contributed by atoms with Gasteiger partial charge >= 0.3 is 5.97 Å². The summed E-state index contributed by atoms with van der Waals surface area (Å²) < 4.78 is 5.04. The lowest BCUT2D eigenvalue weighted by Gasteiger charge is -2.09. The Balaban J connectivity index is 2.11. The van der Waals surface area contributed by atoms with Crippen LogP contribution in [0.3, 0.4) is 0 Å². The van der Waals surface area contributed by atoms with E-state index in [1.807, 2.05) is 26.0 Å². The lowest BCUT2D eigenvalue weighted by Crippen LogP contribution is -2.16. The van der Waals surface area contributed by atoms with E-state index in [-0.39, 0.29) is 28.0 Å². The molecule has 5 heteroatoms. The lowest BCUT2D eigenvalue weighted by atomic mass is 10.0. The largest absolute Gasteiger partial charge is 0.454 e. The van der Waals surface area contributed by atoms with Crippen molar-refractivity contribution in [3.63, 3.8) is 0 Å². The molecule has 0 aromatic heterocycles. The maximum atomic E-state index is 12.2. The Bertz CT molecular complexity index is 718. The number of ketones is 1. The molecule has 0 heterocycles. The van der Waals surface area contributed by atoms with Crippen molar-refractivity contribution in [1.29, 1.82) is 0 Å². The summed E-state index contributed by atoms with van der Waals surface area (Å²) in [4.78, 5) is 24.2. The molecular weight excluding hydrogens is 323 g/mol. The van der Waals surface area contributed by atoms with Crippen LogP contribution in [0.25, 0.3) is 0 Å². The molecule has 0 atom stereocenters. The molecule has 0 bridgehead atoms. The van der Waals surface area contributed by atoms with Crippen LogP contribution in [0.1, 0.15) is 31.8 Å². The van der Waals surface area contributed by atoms with Crippen molar-refractivity contribution < 1.29 is 14.3 Å². The van der Waals surface area contributed by atoms with Gasteiger partial charge in [-0.15, -0.1) is 0 Å². The summed E-state index contributed by atoms with van der Waals surface area (Å²) in [5.74, 6) is -0.980.